The molecule has 1 aliphatic carbocycles. The summed E-state index contributed by atoms with van der Waals surface area (Å²) in [7, 11) is 1.86. The molecule has 0 saturated carbocycles. The first-order valence-corrected chi connectivity index (χ1v) is 18.5. The first-order valence-electron chi connectivity index (χ1n) is 15.8. The summed E-state index contributed by atoms with van der Waals surface area (Å²) in [4.78, 5) is 0. The number of rotatable bonds is 9. The molecule has 1 unspecified atom stereocenters. The zero-order chi connectivity index (χ0) is 32.3. The normalized spacial score (nSPS) is 16.1. The highest BCUT2D eigenvalue weighted by atomic mass is 31.1. The van der Waals surface area contributed by atoms with Crippen LogP contribution in [0.5, 0.6) is 5.75 Å². The molecule has 0 bridgehead atoms. The molecule has 0 fully saturated rings. The second-order valence-corrected chi connectivity index (χ2v) is 16.7. The molecule has 1 atom stereocenters. The van der Waals surface area contributed by atoms with Gasteiger partial charge in [0.05, 0.1) is 13.2 Å². The molecule has 232 valence electrons. The Bertz CT molecular complexity index is 1770. The van der Waals surface area contributed by atoms with Crippen LogP contribution in [-0.4, -0.2) is 20.3 Å². The summed E-state index contributed by atoms with van der Waals surface area (Å²) in [5.74, 6) is 0.904. The second-order valence-electron chi connectivity index (χ2n) is 12.3. The summed E-state index contributed by atoms with van der Waals surface area (Å²) in [6, 6.07) is 48.8. The number of ether oxygens (including phenoxy) is 2. The topological polar surface area (TPSA) is 18.5 Å². The highest BCUT2D eigenvalue weighted by Crippen LogP contribution is 2.57. The molecule has 2 nitrogen and oxygen atoms in total. The highest BCUT2D eigenvalue weighted by Gasteiger charge is 2.43. The Morgan fingerprint density at radius 1 is 0.587 bits per heavy atom. The number of benzene rings is 5. The van der Waals surface area contributed by atoms with Gasteiger partial charge in [-0.05, 0) is 95.9 Å². The van der Waals surface area contributed by atoms with E-state index in [4.69, 9.17) is 9.47 Å². The van der Waals surface area contributed by atoms with Gasteiger partial charge in [0.2, 0.25) is 0 Å². The van der Waals surface area contributed by atoms with Crippen molar-refractivity contribution in [3.05, 3.63) is 162 Å². The van der Waals surface area contributed by atoms with E-state index < -0.39 is 15.8 Å². The third-order valence-corrected chi connectivity index (χ3v) is 13.8. The molecule has 0 aliphatic heterocycles. The molecule has 4 heteroatoms. The Kier molecular flexibility index (Phi) is 9.72. The van der Waals surface area contributed by atoms with Crippen molar-refractivity contribution in [3.8, 4) is 5.75 Å². The van der Waals surface area contributed by atoms with Gasteiger partial charge in [-0.1, -0.05) is 141 Å². The predicted molar refractivity (Wildman–Crippen MR) is 201 cm³/mol. The summed E-state index contributed by atoms with van der Waals surface area (Å²) in [5, 5.41) is 8.03. The summed E-state index contributed by atoms with van der Waals surface area (Å²) >= 11 is 0. The van der Waals surface area contributed by atoms with Gasteiger partial charge in [0.15, 0.2) is 0 Å². The van der Waals surface area contributed by atoms with E-state index >= 15 is 0 Å². The van der Waals surface area contributed by atoms with Crippen molar-refractivity contribution >= 4 is 47.9 Å². The van der Waals surface area contributed by atoms with Crippen LogP contribution >= 0.6 is 15.8 Å². The Morgan fingerprint density at radius 2 is 1.02 bits per heavy atom. The Balaban J connectivity index is 1.76. The van der Waals surface area contributed by atoms with Gasteiger partial charge in [0.1, 0.15) is 5.75 Å². The van der Waals surface area contributed by atoms with Gasteiger partial charge in [0.25, 0.3) is 0 Å². The third kappa shape index (κ3) is 6.15. The van der Waals surface area contributed by atoms with E-state index in [0.717, 1.165) is 11.3 Å². The first-order chi connectivity index (χ1) is 22.3. The molecule has 5 aromatic carbocycles. The predicted octanol–water partition coefficient (Wildman–Crippen LogP) is 8.61. The lowest BCUT2D eigenvalue weighted by molar-refractivity contribution is 0.0632. The fourth-order valence-electron chi connectivity index (χ4n) is 6.98. The average molecular weight is 641 g/mol. The zero-order valence-corrected chi connectivity index (χ0v) is 29.4. The van der Waals surface area contributed by atoms with Gasteiger partial charge in [-0.2, -0.15) is 0 Å². The minimum Gasteiger partial charge on any atom is -0.496 e. The van der Waals surface area contributed by atoms with Crippen molar-refractivity contribution in [3.63, 3.8) is 0 Å². The van der Waals surface area contributed by atoms with E-state index in [1.165, 1.54) is 48.5 Å². The second kappa shape index (κ2) is 13.9. The van der Waals surface area contributed by atoms with Crippen LogP contribution in [0.1, 0.15) is 31.9 Å². The maximum atomic E-state index is 6.34. The molecular weight excluding hydrogens is 598 g/mol. The fourth-order valence-corrected chi connectivity index (χ4v) is 12.3. The molecule has 0 spiro atoms. The maximum Gasteiger partial charge on any atom is 0.122 e. The summed E-state index contributed by atoms with van der Waals surface area (Å²) in [6.07, 6.45) is 2.36. The molecule has 46 heavy (non-hydrogen) atoms. The molecule has 0 aromatic heterocycles. The summed E-state index contributed by atoms with van der Waals surface area (Å²) < 4.78 is 12.4. The minimum atomic E-state index is -0.889. The van der Waals surface area contributed by atoms with Crippen molar-refractivity contribution in [1.82, 2.24) is 0 Å². The van der Waals surface area contributed by atoms with Gasteiger partial charge in [-0.3, -0.25) is 0 Å². The van der Waals surface area contributed by atoms with Crippen molar-refractivity contribution in [2.45, 2.75) is 33.8 Å². The van der Waals surface area contributed by atoms with E-state index in [-0.39, 0.29) is 11.5 Å². The van der Waals surface area contributed by atoms with E-state index in [1.807, 2.05) is 7.11 Å². The van der Waals surface area contributed by atoms with Crippen LogP contribution in [0.2, 0.25) is 0 Å². The van der Waals surface area contributed by atoms with Crippen molar-refractivity contribution < 1.29 is 9.47 Å². The Hall–Kier alpha value is -3.80. The smallest absolute Gasteiger partial charge is 0.122 e. The molecule has 0 heterocycles. The Morgan fingerprint density at radius 3 is 1.43 bits per heavy atom. The summed E-state index contributed by atoms with van der Waals surface area (Å²) in [5.41, 5.74) is 4.62. The SMILES string of the molecule is COc1cc(C2=C(P(c3ccccc3)c3ccccc3)C=C(C)C(OC)C2(C)C)c(P(c2ccccc2)c2ccccc2)cc1C. The van der Waals surface area contributed by atoms with Gasteiger partial charge >= 0.3 is 0 Å². The monoisotopic (exact) mass is 640 g/mol. The molecule has 1 aliphatic rings. The van der Waals surface area contributed by atoms with Crippen LogP contribution < -0.4 is 31.3 Å². The van der Waals surface area contributed by atoms with Crippen LogP contribution in [0.15, 0.2) is 150 Å². The molecule has 6 rings (SSSR count). The fraction of sp³-hybridized carbons (Fsp3) is 0.190. The molecule has 0 saturated heterocycles. The maximum absolute atomic E-state index is 6.34. The lowest BCUT2D eigenvalue weighted by atomic mass is 9.70. The molecule has 5 aromatic rings. The Labute approximate surface area is 277 Å². The van der Waals surface area contributed by atoms with Crippen molar-refractivity contribution in [2.24, 2.45) is 5.41 Å². The third-order valence-electron chi connectivity index (χ3n) is 8.89. The van der Waals surface area contributed by atoms with E-state index in [9.17, 15) is 0 Å². The van der Waals surface area contributed by atoms with E-state index in [2.05, 4.69) is 167 Å². The lowest BCUT2D eigenvalue weighted by Crippen LogP contribution is -2.38. The largest absolute Gasteiger partial charge is 0.496 e. The number of hydrogen-bond acceptors (Lipinski definition) is 2. The number of hydrogen-bond donors (Lipinski definition) is 0. The highest BCUT2D eigenvalue weighted by molar-refractivity contribution is 7.80. The number of methoxy groups -OCH3 is 2. The van der Waals surface area contributed by atoms with Gasteiger partial charge in [-0.25, -0.2) is 0 Å². The molecule has 0 radical (unpaired) electrons. The van der Waals surface area contributed by atoms with Crippen LogP contribution in [-0.2, 0) is 4.74 Å². The van der Waals surface area contributed by atoms with E-state index in [1.54, 1.807) is 7.11 Å². The van der Waals surface area contributed by atoms with Gasteiger partial charge < -0.3 is 9.47 Å². The zero-order valence-electron chi connectivity index (χ0n) is 27.6. The minimum absolute atomic E-state index is 0.0746. The van der Waals surface area contributed by atoms with E-state index in [0.29, 0.717) is 0 Å². The number of aryl methyl sites for hydroxylation is 1. The average Bonchev–Trinajstić information content (AvgIpc) is 3.07. The quantitative estimate of drug-likeness (QED) is 0.150. The first kappa shape index (κ1) is 32.2. The van der Waals surface area contributed by atoms with Crippen LogP contribution in [0.25, 0.3) is 5.57 Å². The van der Waals surface area contributed by atoms with Gasteiger partial charge in [0, 0.05) is 12.5 Å². The molecular formula is C42H42O2P2. The van der Waals surface area contributed by atoms with Crippen LogP contribution in [0, 0.1) is 12.3 Å². The van der Waals surface area contributed by atoms with Crippen molar-refractivity contribution in [1.29, 1.82) is 0 Å². The van der Waals surface area contributed by atoms with Crippen molar-refractivity contribution in [2.75, 3.05) is 14.2 Å². The molecule has 0 N–H and O–H groups in total. The van der Waals surface area contributed by atoms with Crippen LogP contribution in [0.3, 0.4) is 0 Å². The molecule has 0 amide bonds. The van der Waals surface area contributed by atoms with Crippen LogP contribution in [0.4, 0.5) is 0 Å². The number of allylic oxidation sites excluding steroid dienone is 2. The van der Waals surface area contributed by atoms with Gasteiger partial charge in [-0.15, -0.1) is 0 Å². The lowest BCUT2D eigenvalue weighted by Gasteiger charge is -2.43. The summed E-state index contributed by atoms with van der Waals surface area (Å²) in [6.45, 7) is 9.12. The standard InChI is InChI=1S/C42H42O2P2/c1-30-27-38(45(32-19-11-7-12-20-32)33-21-13-8-14-22-33)36(29-37(30)43-5)40-39(28-31(2)41(44-6)42(40,3)4)46(34-23-15-9-16-24-34)35-25-17-10-18-26-35/h7-29,41H,1-6H3.